The highest BCUT2D eigenvalue weighted by atomic mass is 32.2. The second-order valence-corrected chi connectivity index (χ2v) is 8.42. The first-order valence-corrected chi connectivity index (χ1v) is 11.3. The topological polar surface area (TPSA) is 71.3 Å². The minimum absolute atomic E-state index is 0.0556. The molecule has 3 aromatic rings. The summed E-state index contributed by atoms with van der Waals surface area (Å²) in [5.41, 5.74) is 1.92. The molecule has 0 aliphatic carbocycles. The van der Waals surface area contributed by atoms with Gasteiger partial charge < -0.3 is 9.84 Å². The lowest BCUT2D eigenvalue weighted by molar-refractivity contribution is 0.0935. The third-order valence-corrected chi connectivity index (χ3v) is 6.33. The summed E-state index contributed by atoms with van der Waals surface area (Å²) in [6.07, 6.45) is 2.43. The monoisotopic (exact) mass is 422 g/mol. The van der Waals surface area contributed by atoms with Crippen molar-refractivity contribution < 1.29 is 9.32 Å². The van der Waals surface area contributed by atoms with E-state index in [9.17, 15) is 4.79 Å². The molecule has 1 saturated heterocycles. The molecule has 2 aromatic carbocycles. The maximum Gasteiger partial charge on any atom is 0.252 e. The van der Waals surface area contributed by atoms with Crippen molar-refractivity contribution in [3.63, 3.8) is 0 Å². The van der Waals surface area contributed by atoms with Crippen LogP contribution in [-0.2, 0) is 5.75 Å². The van der Waals surface area contributed by atoms with Gasteiger partial charge in [-0.25, -0.2) is 0 Å². The summed E-state index contributed by atoms with van der Waals surface area (Å²) in [6.45, 7) is 4.53. The van der Waals surface area contributed by atoms with E-state index in [0.717, 1.165) is 18.0 Å². The number of benzene rings is 2. The van der Waals surface area contributed by atoms with Crippen molar-refractivity contribution in [3.8, 4) is 0 Å². The first kappa shape index (κ1) is 20.6. The van der Waals surface area contributed by atoms with E-state index in [4.69, 9.17) is 4.52 Å². The Morgan fingerprint density at radius 1 is 1.13 bits per heavy atom. The highest BCUT2D eigenvalue weighted by Gasteiger charge is 2.24. The number of hydrogen-bond donors (Lipinski definition) is 1. The van der Waals surface area contributed by atoms with Gasteiger partial charge in [-0.1, -0.05) is 47.6 Å². The number of aryl methyl sites for hydroxylation is 1. The van der Waals surface area contributed by atoms with Crippen LogP contribution in [0, 0.1) is 6.92 Å². The van der Waals surface area contributed by atoms with Crippen LogP contribution in [0.15, 0.2) is 64.0 Å². The van der Waals surface area contributed by atoms with Gasteiger partial charge in [-0.05, 0) is 50.6 Å². The van der Waals surface area contributed by atoms with Gasteiger partial charge in [-0.15, -0.1) is 11.8 Å². The second-order valence-electron chi connectivity index (χ2n) is 7.40. The fourth-order valence-electron chi connectivity index (χ4n) is 3.79. The summed E-state index contributed by atoms with van der Waals surface area (Å²) in [5, 5.41) is 6.99. The predicted octanol–water partition coefficient (Wildman–Crippen LogP) is 4.24. The van der Waals surface area contributed by atoms with E-state index in [-0.39, 0.29) is 11.9 Å². The lowest BCUT2D eigenvalue weighted by atomic mass is 10.1. The number of amides is 1. The van der Waals surface area contributed by atoms with Crippen LogP contribution in [0.5, 0.6) is 0 Å². The zero-order valence-electron chi connectivity index (χ0n) is 17.1. The average molecular weight is 423 g/mol. The number of rotatable bonds is 8. The molecule has 1 atom stereocenters. The molecule has 30 heavy (non-hydrogen) atoms. The van der Waals surface area contributed by atoms with Gasteiger partial charge in [0, 0.05) is 11.4 Å². The molecule has 1 N–H and O–H groups in total. The van der Waals surface area contributed by atoms with E-state index in [1.165, 1.54) is 30.2 Å². The van der Waals surface area contributed by atoms with Gasteiger partial charge in [-0.3, -0.25) is 9.69 Å². The standard InChI is InChI=1S/C23H26N4O2S/c1-17-25-22(29-26-17)16-30-21-12-6-5-11-19(21)23(28)24-15-20(27-13-7-8-14-27)18-9-3-2-4-10-18/h2-6,9-12,20H,7-8,13-16H2,1H3,(H,24,28). The molecule has 1 aliphatic rings. The molecule has 0 spiro atoms. The van der Waals surface area contributed by atoms with Gasteiger partial charge in [0.2, 0.25) is 5.89 Å². The quantitative estimate of drug-likeness (QED) is 0.548. The average Bonchev–Trinajstić information content (AvgIpc) is 3.45. The predicted molar refractivity (Wildman–Crippen MR) is 117 cm³/mol. The maximum atomic E-state index is 13.0. The number of likely N-dealkylation sites (tertiary alicyclic amines) is 1. The summed E-state index contributed by atoms with van der Waals surface area (Å²) in [6, 6.07) is 18.3. The van der Waals surface area contributed by atoms with E-state index in [1.807, 2.05) is 30.3 Å². The normalized spacial score (nSPS) is 15.2. The van der Waals surface area contributed by atoms with Crippen molar-refractivity contribution in [2.45, 2.75) is 36.5 Å². The van der Waals surface area contributed by atoms with Gasteiger partial charge in [-0.2, -0.15) is 4.98 Å². The fourth-order valence-corrected chi connectivity index (χ4v) is 4.68. The van der Waals surface area contributed by atoms with Crippen LogP contribution in [-0.4, -0.2) is 40.6 Å². The van der Waals surface area contributed by atoms with Gasteiger partial charge in [0.05, 0.1) is 17.4 Å². The molecule has 156 valence electrons. The highest BCUT2D eigenvalue weighted by molar-refractivity contribution is 7.98. The summed E-state index contributed by atoms with van der Waals surface area (Å²) in [7, 11) is 0. The Morgan fingerprint density at radius 3 is 2.60 bits per heavy atom. The Hall–Kier alpha value is -2.64. The molecule has 7 heteroatoms. The number of nitrogens with one attached hydrogen (secondary N) is 1. The summed E-state index contributed by atoms with van der Waals surface area (Å²) >= 11 is 1.53. The molecule has 0 bridgehead atoms. The van der Waals surface area contributed by atoms with Gasteiger partial charge in [0.25, 0.3) is 5.91 Å². The maximum absolute atomic E-state index is 13.0. The molecule has 2 heterocycles. The molecule has 1 amide bonds. The third-order valence-electron chi connectivity index (χ3n) is 5.27. The zero-order chi connectivity index (χ0) is 20.8. The minimum atomic E-state index is -0.0556. The zero-order valence-corrected chi connectivity index (χ0v) is 17.9. The molecule has 4 rings (SSSR count). The minimum Gasteiger partial charge on any atom is -0.350 e. The summed E-state index contributed by atoms with van der Waals surface area (Å²) in [5.74, 6) is 1.65. The Labute approximate surface area is 181 Å². The van der Waals surface area contributed by atoms with Crippen LogP contribution in [0.25, 0.3) is 0 Å². The van der Waals surface area contributed by atoms with E-state index in [2.05, 4.69) is 44.6 Å². The van der Waals surface area contributed by atoms with Crippen LogP contribution >= 0.6 is 11.8 Å². The number of carbonyl (C=O) groups is 1. The van der Waals surface area contributed by atoms with Crippen LogP contribution in [0.2, 0.25) is 0 Å². The van der Waals surface area contributed by atoms with Crippen molar-refractivity contribution in [2.75, 3.05) is 19.6 Å². The van der Waals surface area contributed by atoms with Crippen molar-refractivity contribution in [1.29, 1.82) is 0 Å². The molecule has 0 radical (unpaired) electrons. The summed E-state index contributed by atoms with van der Waals surface area (Å²) < 4.78 is 5.18. The van der Waals surface area contributed by atoms with E-state index in [0.29, 0.717) is 29.6 Å². The van der Waals surface area contributed by atoms with Gasteiger partial charge in [0.15, 0.2) is 5.82 Å². The molecule has 1 unspecified atom stereocenters. The number of hydrogen-bond acceptors (Lipinski definition) is 6. The second kappa shape index (κ2) is 9.91. The highest BCUT2D eigenvalue weighted by Crippen LogP contribution is 2.27. The largest absolute Gasteiger partial charge is 0.350 e. The first-order valence-electron chi connectivity index (χ1n) is 10.3. The van der Waals surface area contributed by atoms with Crippen LogP contribution in [0.3, 0.4) is 0 Å². The smallest absolute Gasteiger partial charge is 0.252 e. The van der Waals surface area contributed by atoms with Gasteiger partial charge in [0.1, 0.15) is 0 Å². The number of aromatic nitrogens is 2. The van der Waals surface area contributed by atoms with Gasteiger partial charge >= 0.3 is 0 Å². The molecular weight excluding hydrogens is 396 g/mol. The van der Waals surface area contributed by atoms with Crippen molar-refractivity contribution in [2.24, 2.45) is 0 Å². The number of nitrogens with zero attached hydrogens (tertiary/aromatic N) is 3. The molecule has 0 saturated carbocycles. The molecule has 1 aliphatic heterocycles. The van der Waals surface area contributed by atoms with Crippen LogP contribution in [0.4, 0.5) is 0 Å². The van der Waals surface area contributed by atoms with E-state index in [1.54, 1.807) is 6.92 Å². The van der Waals surface area contributed by atoms with Crippen molar-refractivity contribution >= 4 is 17.7 Å². The van der Waals surface area contributed by atoms with Crippen molar-refractivity contribution in [1.82, 2.24) is 20.4 Å². The van der Waals surface area contributed by atoms with E-state index >= 15 is 0 Å². The molecule has 6 nitrogen and oxygen atoms in total. The molecular formula is C23H26N4O2S. The Morgan fingerprint density at radius 2 is 1.87 bits per heavy atom. The lowest BCUT2D eigenvalue weighted by Gasteiger charge is -2.28. The SMILES string of the molecule is Cc1noc(CSc2ccccc2C(=O)NCC(c2ccccc2)N2CCCC2)n1. The third kappa shape index (κ3) is 5.09. The van der Waals surface area contributed by atoms with Crippen LogP contribution < -0.4 is 5.32 Å². The molecule has 1 aromatic heterocycles. The Bertz CT molecular complexity index is 970. The summed E-state index contributed by atoms with van der Waals surface area (Å²) in [4.78, 5) is 20.6. The first-order chi connectivity index (χ1) is 14.7. The van der Waals surface area contributed by atoms with Crippen LogP contribution in [0.1, 0.15) is 46.5 Å². The van der Waals surface area contributed by atoms with E-state index < -0.39 is 0 Å². The Balaban J connectivity index is 1.43. The fraction of sp³-hybridized carbons (Fsp3) is 0.348. The lowest BCUT2D eigenvalue weighted by Crippen LogP contribution is -2.37. The number of thioether (sulfide) groups is 1. The molecule has 1 fully saturated rings. The number of carbonyl (C=O) groups excluding carboxylic acids is 1. The van der Waals surface area contributed by atoms with Crippen molar-refractivity contribution in [3.05, 3.63) is 77.4 Å². The Kier molecular flexibility index (Phi) is 6.81.